The van der Waals surface area contributed by atoms with E-state index >= 15 is 0 Å². The molecule has 7 nitrogen and oxygen atoms in total. The van der Waals surface area contributed by atoms with E-state index in [0.29, 0.717) is 35.7 Å². The van der Waals surface area contributed by atoms with Crippen molar-refractivity contribution in [1.82, 2.24) is 14.9 Å². The number of fused-ring (bicyclic) bond motifs is 1. The zero-order valence-electron chi connectivity index (χ0n) is 16.4. The Morgan fingerprint density at radius 2 is 1.96 bits per heavy atom. The summed E-state index contributed by atoms with van der Waals surface area (Å²) in [5.74, 6) is -0.660. The molecule has 1 aromatic carbocycles. The summed E-state index contributed by atoms with van der Waals surface area (Å²) in [6.07, 6.45) is 0. The highest BCUT2D eigenvalue weighted by Crippen LogP contribution is 2.24. The zero-order valence-corrected chi connectivity index (χ0v) is 17.2. The van der Waals surface area contributed by atoms with Gasteiger partial charge in [0.05, 0.1) is 28.9 Å². The number of nitrogens with one attached hydrogen (secondary N) is 1. The van der Waals surface area contributed by atoms with E-state index in [1.807, 2.05) is 24.3 Å². The van der Waals surface area contributed by atoms with Crippen molar-refractivity contribution in [3.05, 3.63) is 51.8 Å². The molecule has 0 radical (unpaired) electrons. The smallest absolute Gasteiger partial charge is 0.340 e. The van der Waals surface area contributed by atoms with Crippen molar-refractivity contribution in [2.75, 3.05) is 27.4 Å². The third-order valence-corrected chi connectivity index (χ3v) is 5.45. The van der Waals surface area contributed by atoms with Gasteiger partial charge >= 0.3 is 5.97 Å². The SMILES string of the molecule is COCCOC(=O)c1c(C)[nH]c(C(=O)N(C)Cc2nc3ccccc3s2)c1C. The number of para-hydroxylation sites is 1. The van der Waals surface area contributed by atoms with Crippen molar-refractivity contribution in [1.29, 1.82) is 0 Å². The molecule has 3 aromatic rings. The molecule has 0 saturated carbocycles. The van der Waals surface area contributed by atoms with E-state index in [1.165, 1.54) is 0 Å². The molecule has 0 aliphatic heterocycles. The molecule has 3 rings (SSSR count). The van der Waals surface area contributed by atoms with Gasteiger partial charge in [-0.25, -0.2) is 9.78 Å². The lowest BCUT2D eigenvalue weighted by Crippen LogP contribution is -2.27. The lowest BCUT2D eigenvalue weighted by molar-refractivity contribution is 0.0387. The van der Waals surface area contributed by atoms with E-state index in [4.69, 9.17) is 9.47 Å². The van der Waals surface area contributed by atoms with E-state index < -0.39 is 5.97 Å². The van der Waals surface area contributed by atoms with Crippen molar-refractivity contribution in [3.8, 4) is 0 Å². The first-order valence-corrected chi connectivity index (χ1v) is 9.69. The number of carbonyl (C=O) groups is 2. The molecule has 0 bridgehead atoms. The fraction of sp³-hybridized carbons (Fsp3) is 0.350. The van der Waals surface area contributed by atoms with Crippen LogP contribution in [0.2, 0.25) is 0 Å². The van der Waals surface area contributed by atoms with Crippen LogP contribution in [0, 0.1) is 13.8 Å². The average Bonchev–Trinajstić information content (AvgIpc) is 3.20. The standard InChI is InChI=1S/C20H23N3O4S/c1-12-17(20(25)27-10-9-26-4)13(2)21-18(12)19(24)23(3)11-16-22-14-7-5-6-8-15(14)28-16/h5-8,21H,9-11H2,1-4H3. The Balaban J connectivity index is 1.76. The number of aromatic amines is 1. The van der Waals surface area contributed by atoms with Crippen molar-refractivity contribution in [2.45, 2.75) is 20.4 Å². The van der Waals surface area contributed by atoms with Crippen LogP contribution in [0.3, 0.4) is 0 Å². The number of hydrogen-bond acceptors (Lipinski definition) is 6. The van der Waals surface area contributed by atoms with Crippen LogP contribution < -0.4 is 0 Å². The quantitative estimate of drug-likeness (QED) is 0.485. The largest absolute Gasteiger partial charge is 0.460 e. The Labute approximate surface area is 167 Å². The number of benzene rings is 1. The zero-order chi connectivity index (χ0) is 20.3. The molecule has 1 amide bonds. The molecule has 0 atom stereocenters. The van der Waals surface area contributed by atoms with E-state index in [-0.39, 0.29) is 12.5 Å². The Morgan fingerprint density at radius 1 is 1.21 bits per heavy atom. The number of ether oxygens (including phenoxy) is 2. The summed E-state index contributed by atoms with van der Waals surface area (Å²) in [6, 6.07) is 7.88. The van der Waals surface area contributed by atoms with Gasteiger partial charge in [0.1, 0.15) is 17.3 Å². The van der Waals surface area contributed by atoms with Crippen LogP contribution in [-0.2, 0) is 16.0 Å². The second-order valence-corrected chi connectivity index (χ2v) is 7.61. The van der Waals surface area contributed by atoms with Gasteiger partial charge < -0.3 is 19.4 Å². The molecule has 0 unspecified atom stereocenters. The molecule has 2 aromatic heterocycles. The average molecular weight is 401 g/mol. The maximum Gasteiger partial charge on any atom is 0.340 e. The maximum absolute atomic E-state index is 12.9. The van der Waals surface area contributed by atoms with Crippen LogP contribution in [0.1, 0.15) is 37.1 Å². The first-order valence-electron chi connectivity index (χ1n) is 8.87. The van der Waals surface area contributed by atoms with Crippen LogP contribution in [0.4, 0.5) is 0 Å². The van der Waals surface area contributed by atoms with E-state index in [1.54, 1.807) is 44.2 Å². The van der Waals surface area contributed by atoms with Crippen LogP contribution in [-0.4, -0.2) is 54.1 Å². The predicted octanol–water partition coefficient (Wildman–Crippen LogP) is 3.32. The van der Waals surface area contributed by atoms with Crippen molar-refractivity contribution in [3.63, 3.8) is 0 Å². The number of amides is 1. The van der Waals surface area contributed by atoms with Gasteiger partial charge in [-0.3, -0.25) is 4.79 Å². The van der Waals surface area contributed by atoms with Gasteiger partial charge in [0.25, 0.3) is 5.91 Å². The maximum atomic E-state index is 12.9. The molecule has 1 N–H and O–H groups in total. The normalized spacial score (nSPS) is 11.0. The highest BCUT2D eigenvalue weighted by Gasteiger charge is 2.25. The van der Waals surface area contributed by atoms with Gasteiger partial charge in [-0.1, -0.05) is 12.1 Å². The highest BCUT2D eigenvalue weighted by atomic mass is 32.1. The number of aromatic nitrogens is 2. The summed E-state index contributed by atoms with van der Waals surface area (Å²) in [4.78, 5) is 34.5. The second-order valence-electron chi connectivity index (χ2n) is 6.49. The Morgan fingerprint density at radius 3 is 2.68 bits per heavy atom. The van der Waals surface area contributed by atoms with Gasteiger partial charge in [0, 0.05) is 19.9 Å². The fourth-order valence-electron chi connectivity index (χ4n) is 3.01. The minimum Gasteiger partial charge on any atom is -0.460 e. The molecular formula is C20H23N3O4S. The molecule has 0 fully saturated rings. The number of methoxy groups -OCH3 is 1. The van der Waals surface area contributed by atoms with Gasteiger partial charge in [0.15, 0.2) is 0 Å². The molecule has 2 heterocycles. The monoisotopic (exact) mass is 401 g/mol. The van der Waals surface area contributed by atoms with Crippen molar-refractivity contribution in [2.24, 2.45) is 0 Å². The van der Waals surface area contributed by atoms with E-state index in [9.17, 15) is 9.59 Å². The van der Waals surface area contributed by atoms with Crippen LogP contribution in [0.25, 0.3) is 10.2 Å². The highest BCUT2D eigenvalue weighted by molar-refractivity contribution is 7.18. The molecule has 28 heavy (non-hydrogen) atoms. The first-order chi connectivity index (χ1) is 13.4. The minimum atomic E-state index is -0.462. The molecule has 0 aliphatic carbocycles. The fourth-order valence-corrected chi connectivity index (χ4v) is 4.03. The summed E-state index contributed by atoms with van der Waals surface area (Å²) in [5.41, 5.74) is 2.90. The molecule has 8 heteroatoms. The Hall–Kier alpha value is -2.71. The number of thiazole rings is 1. The third kappa shape index (κ3) is 4.07. The first kappa shape index (κ1) is 20.0. The molecular weight excluding hydrogens is 378 g/mol. The van der Waals surface area contributed by atoms with Crippen LogP contribution in [0.5, 0.6) is 0 Å². The number of rotatable bonds is 7. The number of carbonyl (C=O) groups excluding carboxylic acids is 2. The molecule has 0 aliphatic rings. The lowest BCUT2D eigenvalue weighted by Gasteiger charge is -2.15. The summed E-state index contributed by atoms with van der Waals surface area (Å²) >= 11 is 1.57. The Kier molecular flexibility index (Phi) is 6.11. The summed E-state index contributed by atoms with van der Waals surface area (Å²) < 4.78 is 11.2. The number of hydrogen-bond donors (Lipinski definition) is 1. The van der Waals surface area contributed by atoms with Gasteiger partial charge in [0.2, 0.25) is 0 Å². The lowest BCUT2D eigenvalue weighted by atomic mass is 10.1. The Bertz CT molecular complexity index is 975. The second kappa shape index (κ2) is 8.53. The third-order valence-electron chi connectivity index (χ3n) is 4.43. The van der Waals surface area contributed by atoms with Gasteiger partial charge in [-0.15, -0.1) is 11.3 Å². The van der Waals surface area contributed by atoms with E-state index in [2.05, 4.69) is 9.97 Å². The number of H-pyrrole nitrogens is 1. The molecule has 0 spiro atoms. The number of esters is 1. The summed E-state index contributed by atoms with van der Waals surface area (Å²) in [5, 5.41) is 0.858. The van der Waals surface area contributed by atoms with Crippen LogP contribution >= 0.6 is 11.3 Å². The summed E-state index contributed by atoms with van der Waals surface area (Å²) in [6.45, 7) is 4.38. The van der Waals surface area contributed by atoms with Gasteiger partial charge in [-0.05, 0) is 31.5 Å². The minimum absolute atomic E-state index is 0.167. The van der Waals surface area contributed by atoms with Crippen molar-refractivity contribution < 1.29 is 19.1 Å². The predicted molar refractivity (Wildman–Crippen MR) is 108 cm³/mol. The van der Waals surface area contributed by atoms with Crippen LogP contribution in [0.15, 0.2) is 24.3 Å². The molecule has 148 valence electrons. The summed E-state index contributed by atoms with van der Waals surface area (Å²) in [7, 11) is 3.26. The topological polar surface area (TPSA) is 84.5 Å². The van der Waals surface area contributed by atoms with E-state index in [0.717, 1.165) is 15.2 Å². The molecule has 0 saturated heterocycles. The number of aryl methyl sites for hydroxylation is 1. The number of nitrogens with zero attached hydrogens (tertiary/aromatic N) is 2. The van der Waals surface area contributed by atoms with Gasteiger partial charge in [-0.2, -0.15) is 0 Å². The van der Waals surface area contributed by atoms with Crippen molar-refractivity contribution >= 4 is 33.4 Å².